The number of amides is 1. The van der Waals surface area contributed by atoms with Gasteiger partial charge in [0.2, 0.25) is 0 Å². The maximum absolute atomic E-state index is 12.8. The average Bonchev–Trinajstić information content (AvgIpc) is 3.08. The van der Waals surface area contributed by atoms with E-state index in [4.69, 9.17) is 0 Å². The Bertz CT molecular complexity index is 703. The van der Waals surface area contributed by atoms with Crippen molar-refractivity contribution in [3.8, 4) is 5.82 Å². The Labute approximate surface area is 136 Å². The van der Waals surface area contributed by atoms with Crippen molar-refractivity contribution >= 4 is 5.91 Å². The molecule has 0 aliphatic carbocycles. The molecule has 0 aromatic carbocycles. The van der Waals surface area contributed by atoms with E-state index in [9.17, 15) is 23.1 Å². The van der Waals surface area contributed by atoms with Crippen molar-refractivity contribution in [1.82, 2.24) is 14.5 Å². The number of pyridine rings is 1. The number of carbonyl (C=O) groups is 1. The number of aromatic nitrogens is 2. The van der Waals surface area contributed by atoms with Gasteiger partial charge in [-0.2, -0.15) is 13.2 Å². The molecule has 1 aliphatic rings. The summed E-state index contributed by atoms with van der Waals surface area (Å²) in [6.45, 7) is -0.289. The summed E-state index contributed by atoms with van der Waals surface area (Å²) in [5, 5.41) is 9.64. The lowest BCUT2D eigenvalue weighted by atomic mass is 9.90. The number of likely N-dealkylation sites (tertiary alicyclic amines) is 1. The molecule has 1 aliphatic heterocycles. The third kappa shape index (κ3) is 3.01. The number of halogens is 3. The van der Waals surface area contributed by atoms with E-state index in [1.807, 2.05) is 24.5 Å². The minimum absolute atomic E-state index is 0.145. The van der Waals surface area contributed by atoms with Gasteiger partial charge in [-0.3, -0.25) is 4.79 Å². The molecule has 0 spiro atoms. The van der Waals surface area contributed by atoms with Gasteiger partial charge in [0.15, 0.2) is 5.60 Å². The van der Waals surface area contributed by atoms with Gasteiger partial charge in [0, 0.05) is 44.5 Å². The molecule has 0 atom stereocenters. The zero-order chi connectivity index (χ0) is 17.4. The van der Waals surface area contributed by atoms with Crippen LogP contribution in [0.2, 0.25) is 0 Å². The highest BCUT2D eigenvalue weighted by atomic mass is 19.4. The standard InChI is InChI=1S/C16H16F3N3O2/c17-16(18,19)15(24)5-9-22(10-6-15)14(23)12-3-4-13(20-11-12)21-7-1-2-8-21/h1-4,7-8,11,24H,5-6,9-10H2. The maximum atomic E-state index is 12.8. The molecule has 0 saturated carbocycles. The van der Waals surface area contributed by atoms with Crippen LogP contribution in [0.4, 0.5) is 13.2 Å². The van der Waals surface area contributed by atoms with Crippen molar-refractivity contribution in [3.63, 3.8) is 0 Å². The number of nitrogens with zero attached hydrogens (tertiary/aromatic N) is 3. The van der Waals surface area contributed by atoms with Gasteiger partial charge in [0.1, 0.15) is 5.82 Å². The Morgan fingerprint density at radius 3 is 2.29 bits per heavy atom. The summed E-state index contributed by atoms with van der Waals surface area (Å²) >= 11 is 0. The van der Waals surface area contributed by atoms with Gasteiger partial charge >= 0.3 is 6.18 Å². The second kappa shape index (κ2) is 5.94. The SMILES string of the molecule is O=C(c1ccc(-n2cccc2)nc1)N1CCC(O)(C(F)(F)F)CC1. The van der Waals surface area contributed by atoms with Crippen LogP contribution in [0, 0.1) is 0 Å². The number of hydrogen-bond donors (Lipinski definition) is 1. The lowest BCUT2D eigenvalue weighted by Gasteiger charge is -2.39. The van der Waals surface area contributed by atoms with Crippen LogP contribution in [0.3, 0.4) is 0 Å². The molecule has 5 nitrogen and oxygen atoms in total. The second-order valence-corrected chi connectivity index (χ2v) is 5.82. The molecular formula is C16H16F3N3O2. The summed E-state index contributed by atoms with van der Waals surface area (Å²) < 4.78 is 40.1. The van der Waals surface area contributed by atoms with E-state index >= 15 is 0 Å². The van der Waals surface area contributed by atoms with Crippen molar-refractivity contribution in [1.29, 1.82) is 0 Å². The summed E-state index contributed by atoms with van der Waals surface area (Å²) in [7, 11) is 0. The van der Waals surface area contributed by atoms with Crippen molar-refractivity contribution in [3.05, 3.63) is 48.4 Å². The van der Waals surface area contributed by atoms with Crippen molar-refractivity contribution in [2.45, 2.75) is 24.6 Å². The van der Waals surface area contributed by atoms with Gasteiger partial charge < -0.3 is 14.6 Å². The third-order valence-corrected chi connectivity index (χ3v) is 4.27. The zero-order valence-electron chi connectivity index (χ0n) is 12.7. The van der Waals surface area contributed by atoms with Gasteiger partial charge in [0.25, 0.3) is 5.91 Å². The molecule has 1 amide bonds. The normalized spacial score (nSPS) is 17.8. The Hall–Kier alpha value is -2.35. The summed E-state index contributed by atoms with van der Waals surface area (Å²) in [6.07, 6.45) is -0.683. The summed E-state index contributed by atoms with van der Waals surface area (Å²) in [6, 6.07) is 6.95. The van der Waals surface area contributed by atoms with Gasteiger partial charge in [-0.15, -0.1) is 0 Å². The zero-order valence-corrected chi connectivity index (χ0v) is 12.7. The molecule has 2 aromatic heterocycles. The molecule has 2 aromatic rings. The predicted octanol–water partition coefficient (Wildman–Crippen LogP) is 2.40. The van der Waals surface area contributed by atoms with E-state index in [2.05, 4.69) is 4.98 Å². The van der Waals surface area contributed by atoms with Crippen LogP contribution in [0.1, 0.15) is 23.2 Å². The first kappa shape index (κ1) is 16.5. The van der Waals surface area contributed by atoms with Gasteiger partial charge in [-0.05, 0) is 24.3 Å². The largest absolute Gasteiger partial charge is 0.417 e. The van der Waals surface area contributed by atoms with Gasteiger partial charge in [-0.25, -0.2) is 4.98 Å². The number of carbonyl (C=O) groups excluding carboxylic acids is 1. The minimum atomic E-state index is -4.68. The maximum Gasteiger partial charge on any atom is 0.417 e. The van der Waals surface area contributed by atoms with Gasteiger partial charge in [0.05, 0.1) is 5.56 Å². The number of alkyl halides is 3. The van der Waals surface area contributed by atoms with E-state index in [0.29, 0.717) is 11.4 Å². The van der Waals surface area contributed by atoms with Crippen LogP contribution >= 0.6 is 0 Å². The third-order valence-electron chi connectivity index (χ3n) is 4.27. The highest BCUT2D eigenvalue weighted by molar-refractivity contribution is 5.94. The van der Waals surface area contributed by atoms with Crippen molar-refractivity contribution in [2.24, 2.45) is 0 Å². The number of hydrogen-bond acceptors (Lipinski definition) is 3. The van der Waals surface area contributed by atoms with E-state index in [1.54, 1.807) is 16.7 Å². The molecule has 1 saturated heterocycles. The van der Waals surface area contributed by atoms with Crippen LogP contribution in [0.15, 0.2) is 42.9 Å². The molecule has 3 heterocycles. The highest BCUT2D eigenvalue weighted by Crippen LogP contribution is 2.38. The fourth-order valence-electron chi connectivity index (χ4n) is 2.70. The molecular weight excluding hydrogens is 323 g/mol. The molecule has 0 radical (unpaired) electrons. The van der Waals surface area contributed by atoms with E-state index in [0.717, 1.165) is 0 Å². The predicted molar refractivity (Wildman–Crippen MR) is 79.7 cm³/mol. The topological polar surface area (TPSA) is 58.4 Å². The minimum Gasteiger partial charge on any atom is -0.380 e. The quantitative estimate of drug-likeness (QED) is 0.914. The molecule has 1 fully saturated rings. The molecule has 8 heteroatoms. The Morgan fingerprint density at radius 1 is 1.17 bits per heavy atom. The number of piperidine rings is 1. The number of aliphatic hydroxyl groups is 1. The summed E-state index contributed by atoms with van der Waals surface area (Å²) in [4.78, 5) is 17.9. The molecule has 128 valence electrons. The van der Waals surface area contributed by atoms with Crippen LogP contribution < -0.4 is 0 Å². The lowest BCUT2D eigenvalue weighted by molar-refractivity contribution is -0.271. The summed E-state index contributed by atoms with van der Waals surface area (Å²) in [5.74, 6) is 0.257. The van der Waals surface area contributed by atoms with Crippen LogP contribution in [-0.2, 0) is 0 Å². The number of rotatable bonds is 2. The lowest BCUT2D eigenvalue weighted by Crippen LogP contribution is -2.54. The molecule has 24 heavy (non-hydrogen) atoms. The molecule has 0 unspecified atom stereocenters. The van der Waals surface area contributed by atoms with Crippen LogP contribution in [-0.4, -0.2) is 50.3 Å². The van der Waals surface area contributed by atoms with E-state index < -0.39 is 24.6 Å². The first-order valence-corrected chi connectivity index (χ1v) is 7.48. The van der Waals surface area contributed by atoms with Crippen LogP contribution in [0.25, 0.3) is 5.82 Å². The van der Waals surface area contributed by atoms with Crippen LogP contribution in [0.5, 0.6) is 0 Å². The highest BCUT2D eigenvalue weighted by Gasteiger charge is 2.54. The van der Waals surface area contributed by atoms with Crippen molar-refractivity contribution < 1.29 is 23.1 Å². The monoisotopic (exact) mass is 339 g/mol. The second-order valence-electron chi connectivity index (χ2n) is 5.82. The Kier molecular flexibility index (Phi) is 4.08. The summed E-state index contributed by atoms with van der Waals surface area (Å²) in [5.41, 5.74) is -2.40. The Balaban J connectivity index is 1.68. The first-order chi connectivity index (χ1) is 11.3. The smallest absolute Gasteiger partial charge is 0.380 e. The first-order valence-electron chi connectivity index (χ1n) is 7.48. The van der Waals surface area contributed by atoms with E-state index in [-0.39, 0.29) is 19.0 Å². The Morgan fingerprint density at radius 2 is 1.79 bits per heavy atom. The molecule has 0 bridgehead atoms. The molecule has 1 N–H and O–H groups in total. The fourth-order valence-corrected chi connectivity index (χ4v) is 2.70. The van der Waals surface area contributed by atoms with Crippen molar-refractivity contribution in [2.75, 3.05) is 13.1 Å². The fraction of sp³-hybridized carbons (Fsp3) is 0.375. The van der Waals surface area contributed by atoms with E-state index in [1.165, 1.54) is 11.1 Å². The van der Waals surface area contributed by atoms with Gasteiger partial charge in [-0.1, -0.05) is 0 Å². The average molecular weight is 339 g/mol. The molecule has 3 rings (SSSR count).